The number of fused-ring (bicyclic) bond motifs is 2. The predicted molar refractivity (Wildman–Crippen MR) is 347 cm³/mol. The highest BCUT2D eigenvalue weighted by molar-refractivity contribution is 8.00. The number of nitrogens with zero attached hydrogens (tertiary/aromatic N) is 11. The summed E-state index contributed by atoms with van der Waals surface area (Å²) >= 11 is 25.2. The van der Waals surface area contributed by atoms with Gasteiger partial charge in [0.1, 0.15) is 23.9 Å². The van der Waals surface area contributed by atoms with Gasteiger partial charge in [0.15, 0.2) is 9.86 Å². The fraction of sp³-hybridized carbons (Fsp3) is 0.404. The van der Waals surface area contributed by atoms with E-state index in [4.69, 9.17) is 75.5 Å². The number of nitrogens with one attached hydrogen (secondary N) is 5. The van der Waals surface area contributed by atoms with Gasteiger partial charge >= 0.3 is 30.4 Å². The summed E-state index contributed by atoms with van der Waals surface area (Å²) in [6.45, 7) is 9.95. The second-order valence-electron chi connectivity index (χ2n) is 19.1. The van der Waals surface area contributed by atoms with Crippen LogP contribution in [0.5, 0.6) is 17.5 Å². The molecule has 6 aromatic rings. The summed E-state index contributed by atoms with van der Waals surface area (Å²) in [7, 11) is -1.65. The number of halogens is 5. The quantitative estimate of drug-likeness (QED) is 0.0197. The SMILES string of the molecule is CC1COc2ccccc2N1C(=O)C(Cl)Cl.CCNc1nc(Cl)nc(NC(C)C)n1.COC(=O)CSc1cc(/N=c2\sc(=O)n3n2CCCC3)c(F)cc1Cl.COc1cc(OC)nc(NC(=O)NS(=O)(=O)c2ncccc2C(=O)N(C)C)n1.O=C(O)CNCP(=O)(O)O. The molecule has 0 aliphatic carbocycles. The Hall–Kier alpha value is -7.51. The van der Waals surface area contributed by atoms with Crippen molar-refractivity contribution in [1.82, 2.24) is 54.2 Å². The van der Waals surface area contributed by atoms with Gasteiger partial charge in [0, 0.05) is 50.9 Å². The summed E-state index contributed by atoms with van der Waals surface area (Å²) in [6, 6.07) is 13.1. The van der Waals surface area contributed by atoms with Crippen molar-refractivity contribution in [2.75, 3.05) is 88.0 Å². The van der Waals surface area contributed by atoms with Gasteiger partial charge in [-0.1, -0.05) is 46.9 Å². The average Bonchev–Trinajstić information content (AvgIpc) is 1.77. The molecule has 508 valence electrons. The Kier molecular flexibility index (Phi) is 31.3. The van der Waals surface area contributed by atoms with E-state index in [0.717, 1.165) is 54.2 Å². The molecule has 0 saturated carbocycles. The molecular formula is C52H66Cl4FN16O16PS3. The lowest BCUT2D eigenvalue weighted by Crippen LogP contribution is -2.47. The van der Waals surface area contributed by atoms with Crippen LogP contribution in [0.2, 0.25) is 10.3 Å². The maximum Gasteiger partial charge on any atom is 0.339 e. The fourth-order valence-electron chi connectivity index (χ4n) is 7.37. The first-order chi connectivity index (χ1) is 43.8. The predicted octanol–water partition coefficient (Wildman–Crippen LogP) is 6.07. The van der Waals surface area contributed by atoms with Gasteiger partial charge in [0.2, 0.25) is 39.7 Å². The Labute approximate surface area is 560 Å². The monoisotopic (exact) mass is 1460 g/mol. The van der Waals surface area contributed by atoms with Gasteiger partial charge < -0.3 is 54.3 Å². The van der Waals surface area contributed by atoms with Gasteiger partial charge in [-0.05, 0) is 99.9 Å². The van der Waals surface area contributed by atoms with Crippen molar-refractivity contribution in [2.24, 2.45) is 4.99 Å². The Morgan fingerprint density at radius 1 is 0.935 bits per heavy atom. The minimum absolute atomic E-state index is 0.0605. The first kappa shape index (κ1) is 77.9. The lowest BCUT2D eigenvalue weighted by atomic mass is 10.1. The maximum absolute atomic E-state index is 14.3. The Balaban J connectivity index is 0.000000259. The number of sulfonamides is 1. The number of pyridine rings is 1. The number of carboxylic acids is 1. The molecule has 0 bridgehead atoms. The van der Waals surface area contributed by atoms with Crippen molar-refractivity contribution in [2.45, 2.75) is 80.5 Å². The number of thioether (sulfide) groups is 1. The van der Waals surface area contributed by atoms with Gasteiger partial charge in [-0.2, -0.15) is 33.3 Å². The van der Waals surface area contributed by atoms with E-state index in [1.807, 2.05) is 52.0 Å². The number of carbonyl (C=O) groups excluding carboxylic acids is 4. The molecule has 8 N–H and O–H groups in total. The molecule has 1 atom stereocenters. The van der Waals surface area contributed by atoms with Crippen LogP contribution in [0.4, 0.5) is 38.4 Å². The summed E-state index contributed by atoms with van der Waals surface area (Å²) in [5.74, 6) is -1.37. The molecule has 8 rings (SSSR count). The molecular weight excluding hydrogens is 1390 g/mol. The second kappa shape index (κ2) is 37.4. The molecule has 4 amide bonds. The van der Waals surface area contributed by atoms with E-state index in [1.165, 1.54) is 70.8 Å². The number of rotatable bonds is 19. The van der Waals surface area contributed by atoms with Gasteiger partial charge in [-0.3, -0.25) is 43.9 Å². The summed E-state index contributed by atoms with van der Waals surface area (Å²) in [4.78, 5) is 116. The molecule has 4 aromatic heterocycles. The number of para-hydroxylation sites is 2. The third kappa shape index (κ3) is 25.4. The number of aromatic nitrogens is 8. The van der Waals surface area contributed by atoms with Crippen molar-refractivity contribution < 1.29 is 75.2 Å². The molecule has 0 spiro atoms. The highest BCUT2D eigenvalue weighted by atomic mass is 35.5. The Bertz CT molecular complexity index is 3850. The normalized spacial score (nSPS) is 13.2. The van der Waals surface area contributed by atoms with Gasteiger partial charge in [0.05, 0.1) is 68.3 Å². The van der Waals surface area contributed by atoms with E-state index < -0.39 is 70.0 Å². The van der Waals surface area contributed by atoms with E-state index in [9.17, 15) is 46.1 Å². The van der Waals surface area contributed by atoms with E-state index in [1.54, 1.807) is 19.0 Å². The molecule has 6 heterocycles. The molecule has 2 aliphatic rings. The van der Waals surface area contributed by atoms with Crippen LogP contribution in [0.25, 0.3) is 0 Å². The lowest BCUT2D eigenvalue weighted by molar-refractivity contribution is -0.137. The third-order valence-electron chi connectivity index (χ3n) is 11.3. The number of carbonyl (C=O) groups is 5. The highest BCUT2D eigenvalue weighted by Gasteiger charge is 2.32. The number of alkyl halides is 2. The number of anilines is 4. The van der Waals surface area contributed by atoms with Crippen LogP contribution in [-0.4, -0.2) is 181 Å². The van der Waals surface area contributed by atoms with Crippen LogP contribution in [0.15, 0.2) is 80.5 Å². The zero-order valence-corrected chi connectivity index (χ0v) is 57.4. The molecule has 2 aliphatic heterocycles. The average molecular weight is 1460 g/mol. The van der Waals surface area contributed by atoms with Crippen LogP contribution in [0.3, 0.4) is 0 Å². The van der Waals surface area contributed by atoms with Crippen LogP contribution in [0, 0.1) is 5.82 Å². The van der Waals surface area contributed by atoms with Crippen LogP contribution < -0.4 is 54.8 Å². The number of aliphatic carboxylic acids is 1. The van der Waals surface area contributed by atoms with Crippen molar-refractivity contribution in [3.8, 4) is 17.5 Å². The van der Waals surface area contributed by atoms with Gasteiger partial charge in [0.25, 0.3) is 21.8 Å². The number of ether oxygens (including phenoxy) is 4. The third-order valence-corrected chi connectivity index (χ3v) is 16.1. The first-order valence-corrected chi connectivity index (χ1v) is 33.8. The molecule has 93 heavy (non-hydrogen) atoms. The minimum atomic E-state index is -4.46. The standard InChI is InChI=1S/C15H15ClFN3O3S2.C15H18N6O6S.C11H11Cl2NO2.C8H14ClN5.C3H8NO5P/c1-23-13(21)8-24-12-7-11(10(17)6-9(12)16)18-14-19-4-2-3-5-20(19)15(22)25-14;1-21(2)13(22)9-6-5-7-16-12(9)28(24,25)20-15(23)19-14-17-10(26-3)8-11(18-14)27-4;1-7-6-16-9-5-3-2-4-8(9)14(7)11(15)10(12)13;1-4-10-7-12-6(9)13-8(14-7)11-5(2)3;5-3(6)1-4-2-10(7,8)9/h6-7H,2-5,8H2,1H3;5-8H,1-4H3,(H2,17,18,19,20,23);2-5,7,10H,6H2,1H3;5H,4H2,1-3H3,(H2,10,11,12,13,14);4H,1-2H2,(H,5,6)(H2,7,8,9)/b18-14-;;;;. The zero-order chi connectivity index (χ0) is 69.3. The number of carboxylic acid groups (broad SMARTS) is 1. The minimum Gasteiger partial charge on any atom is -0.489 e. The van der Waals surface area contributed by atoms with Crippen molar-refractivity contribution >= 4 is 146 Å². The Morgan fingerprint density at radius 3 is 2.17 bits per heavy atom. The van der Waals surface area contributed by atoms with E-state index in [-0.39, 0.29) is 67.9 Å². The summed E-state index contributed by atoms with van der Waals surface area (Å²) in [5.41, 5.74) is 0.615. The van der Waals surface area contributed by atoms with Crippen molar-refractivity contribution in [3.63, 3.8) is 0 Å². The lowest BCUT2D eigenvalue weighted by Gasteiger charge is -2.35. The van der Waals surface area contributed by atoms with E-state index >= 15 is 0 Å². The van der Waals surface area contributed by atoms with E-state index in [0.29, 0.717) is 47.0 Å². The maximum atomic E-state index is 14.3. The summed E-state index contributed by atoms with van der Waals surface area (Å²) < 4.78 is 74.5. The number of benzene rings is 2. The smallest absolute Gasteiger partial charge is 0.339 e. The first-order valence-electron chi connectivity index (χ1n) is 27.0. The highest BCUT2D eigenvalue weighted by Crippen LogP contribution is 2.36. The number of urea groups is 1. The van der Waals surface area contributed by atoms with Crippen molar-refractivity contribution in [1.29, 1.82) is 0 Å². The topological polar surface area (TPSA) is 417 Å². The van der Waals surface area contributed by atoms with Crippen LogP contribution in [0.1, 0.15) is 50.9 Å². The van der Waals surface area contributed by atoms with Gasteiger partial charge in [-0.25, -0.2) is 28.6 Å². The molecule has 0 fully saturated rings. The zero-order valence-electron chi connectivity index (χ0n) is 51.0. The number of hydrogen-bond donors (Lipinski definition) is 8. The summed E-state index contributed by atoms with van der Waals surface area (Å²) in [5, 5.41) is 18.0. The fourth-order valence-corrected chi connectivity index (χ4v) is 11.2. The second-order valence-corrected chi connectivity index (χ2v) is 26.1. The molecule has 0 saturated heterocycles. The number of hydrogen-bond acceptors (Lipinski definition) is 25. The van der Waals surface area contributed by atoms with Gasteiger partial charge in [-0.15, -0.1) is 11.8 Å². The largest absolute Gasteiger partial charge is 0.489 e. The number of esters is 1. The summed E-state index contributed by atoms with van der Waals surface area (Å²) in [6.07, 6.45) is 2.49. The van der Waals surface area contributed by atoms with E-state index in [2.05, 4.69) is 60.9 Å². The molecule has 41 heteroatoms. The molecule has 2 aromatic carbocycles. The molecule has 0 radical (unpaired) electrons. The van der Waals surface area contributed by atoms with Crippen LogP contribution >= 0.6 is 77.1 Å². The molecule has 1 unspecified atom stereocenters. The van der Waals surface area contributed by atoms with Crippen molar-refractivity contribution in [3.05, 3.63) is 96.9 Å². The number of methoxy groups -OCH3 is 3. The van der Waals surface area contributed by atoms with Crippen LogP contribution in [-0.2, 0) is 46.8 Å². The molecule has 32 nitrogen and oxygen atoms in total. The number of amides is 4. The Morgan fingerprint density at radius 2 is 1.58 bits per heavy atom.